The molecule has 1 amide bonds. The molecule has 2 N–H and O–H groups in total. The highest BCUT2D eigenvalue weighted by Gasteiger charge is 2.16. The molecule has 2 aromatic rings. The van der Waals surface area contributed by atoms with Gasteiger partial charge in [0.15, 0.2) is 0 Å². The minimum absolute atomic E-state index is 0.0143. The summed E-state index contributed by atoms with van der Waals surface area (Å²) in [5.41, 5.74) is -0.588. The zero-order chi connectivity index (χ0) is 15.6. The summed E-state index contributed by atoms with van der Waals surface area (Å²) in [4.78, 5) is 22.0. The standard InChI is InChI=1S/C13H8ClFN2O4/c14-10-3-2-8(17(20)21)6-11(10)16-13(19)9-5-7(15)1-4-12(9)18/h1-6,18H,(H,16,19). The fraction of sp³-hybridized carbons (Fsp3) is 0. The first-order valence-corrected chi connectivity index (χ1v) is 6.00. The van der Waals surface area contributed by atoms with Gasteiger partial charge in [0.1, 0.15) is 11.6 Å². The van der Waals surface area contributed by atoms with Crippen molar-refractivity contribution < 1.29 is 19.2 Å². The van der Waals surface area contributed by atoms with Crippen LogP contribution in [-0.4, -0.2) is 15.9 Å². The molecule has 0 aliphatic heterocycles. The number of carbonyl (C=O) groups excluding carboxylic acids is 1. The van der Waals surface area contributed by atoms with E-state index in [0.717, 1.165) is 24.3 Å². The molecule has 0 unspecified atom stereocenters. The number of anilines is 1. The molecule has 2 aromatic carbocycles. The third kappa shape index (κ3) is 3.26. The molecular weight excluding hydrogens is 303 g/mol. The molecule has 8 heteroatoms. The number of non-ortho nitro benzene ring substituents is 1. The first-order chi connectivity index (χ1) is 9.88. The minimum Gasteiger partial charge on any atom is -0.507 e. The van der Waals surface area contributed by atoms with Crippen molar-refractivity contribution in [3.8, 4) is 5.75 Å². The number of nitrogens with zero attached hydrogens (tertiary/aromatic N) is 1. The van der Waals surface area contributed by atoms with Crippen LogP contribution in [-0.2, 0) is 0 Å². The molecule has 0 aliphatic carbocycles. The summed E-state index contributed by atoms with van der Waals surface area (Å²) in [5, 5.41) is 22.6. The molecule has 0 saturated carbocycles. The van der Waals surface area contributed by atoms with Gasteiger partial charge in [0.25, 0.3) is 11.6 Å². The molecular formula is C13H8ClFN2O4. The van der Waals surface area contributed by atoms with Crippen LogP contribution in [0.4, 0.5) is 15.8 Å². The maximum atomic E-state index is 13.1. The van der Waals surface area contributed by atoms with Gasteiger partial charge in [0.05, 0.1) is 21.2 Å². The first-order valence-electron chi connectivity index (χ1n) is 5.62. The van der Waals surface area contributed by atoms with Crippen molar-refractivity contribution >= 4 is 28.9 Å². The smallest absolute Gasteiger partial charge is 0.271 e. The Bertz CT molecular complexity index is 736. The van der Waals surface area contributed by atoms with E-state index in [4.69, 9.17) is 11.6 Å². The van der Waals surface area contributed by atoms with Crippen LogP contribution in [0.2, 0.25) is 5.02 Å². The van der Waals surface area contributed by atoms with E-state index in [1.54, 1.807) is 0 Å². The van der Waals surface area contributed by atoms with Crippen molar-refractivity contribution in [3.63, 3.8) is 0 Å². The van der Waals surface area contributed by atoms with E-state index in [1.165, 1.54) is 12.1 Å². The van der Waals surface area contributed by atoms with Gasteiger partial charge in [-0.15, -0.1) is 0 Å². The van der Waals surface area contributed by atoms with Gasteiger partial charge in [0.2, 0.25) is 0 Å². The van der Waals surface area contributed by atoms with Crippen LogP contribution in [0.3, 0.4) is 0 Å². The third-order valence-electron chi connectivity index (χ3n) is 2.61. The average molecular weight is 311 g/mol. The first kappa shape index (κ1) is 14.7. The number of phenolic OH excluding ortho intramolecular Hbond substituents is 1. The van der Waals surface area contributed by atoms with E-state index >= 15 is 0 Å². The molecule has 0 atom stereocenters. The van der Waals surface area contributed by atoms with Crippen LogP contribution in [0.25, 0.3) is 0 Å². The Morgan fingerprint density at radius 1 is 1.29 bits per heavy atom. The second-order valence-corrected chi connectivity index (χ2v) is 4.44. The number of phenols is 1. The van der Waals surface area contributed by atoms with Crippen molar-refractivity contribution in [1.82, 2.24) is 0 Å². The molecule has 21 heavy (non-hydrogen) atoms. The number of nitro groups is 1. The predicted octanol–water partition coefficient (Wildman–Crippen LogP) is 3.35. The SMILES string of the molecule is O=C(Nc1cc([N+](=O)[O-])ccc1Cl)c1cc(F)ccc1O. The lowest BCUT2D eigenvalue weighted by Gasteiger charge is -2.08. The van der Waals surface area contributed by atoms with E-state index < -0.39 is 22.4 Å². The number of hydrogen-bond acceptors (Lipinski definition) is 4. The summed E-state index contributed by atoms with van der Waals surface area (Å²) in [6.45, 7) is 0. The molecule has 108 valence electrons. The summed E-state index contributed by atoms with van der Waals surface area (Å²) in [6.07, 6.45) is 0. The number of amides is 1. The van der Waals surface area contributed by atoms with Crippen LogP contribution < -0.4 is 5.32 Å². The Hall–Kier alpha value is -2.67. The van der Waals surface area contributed by atoms with Crippen LogP contribution in [0, 0.1) is 15.9 Å². The Balaban J connectivity index is 2.33. The number of nitro benzene ring substituents is 1. The van der Waals surface area contributed by atoms with Gasteiger partial charge in [0, 0.05) is 12.1 Å². The molecule has 0 radical (unpaired) electrons. The van der Waals surface area contributed by atoms with Crippen LogP contribution in [0.5, 0.6) is 5.75 Å². The Morgan fingerprint density at radius 2 is 2.00 bits per heavy atom. The number of carbonyl (C=O) groups is 1. The molecule has 2 rings (SSSR count). The lowest BCUT2D eigenvalue weighted by molar-refractivity contribution is -0.384. The fourth-order valence-electron chi connectivity index (χ4n) is 1.60. The number of hydrogen-bond donors (Lipinski definition) is 2. The minimum atomic E-state index is -0.839. The fourth-order valence-corrected chi connectivity index (χ4v) is 1.77. The summed E-state index contributed by atoms with van der Waals surface area (Å²) in [7, 11) is 0. The van der Waals surface area contributed by atoms with Crippen molar-refractivity contribution in [2.75, 3.05) is 5.32 Å². The van der Waals surface area contributed by atoms with E-state index in [-0.39, 0.29) is 22.0 Å². The summed E-state index contributed by atoms with van der Waals surface area (Å²) < 4.78 is 13.1. The van der Waals surface area contributed by atoms with Crippen molar-refractivity contribution in [3.05, 3.63) is 62.9 Å². The number of nitrogens with one attached hydrogen (secondary N) is 1. The Labute approximate surface area is 122 Å². The lowest BCUT2D eigenvalue weighted by atomic mass is 10.1. The quantitative estimate of drug-likeness (QED) is 0.671. The maximum Gasteiger partial charge on any atom is 0.271 e. The van der Waals surface area contributed by atoms with Crippen molar-refractivity contribution in [2.45, 2.75) is 0 Å². The van der Waals surface area contributed by atoms with Gasteiger partial charge >= 0.3 is 0 Å². The van der Waals surface area contributed by atoms with Crippen molar-refractivity contribution in [2.24, 2.45) is 0 Å². The number of halogens is 2. The van der Waals surface area contributed by atoms with E-state index in [9.17, 15) is 24.4 Å². The summed E-state index contributed by atoms with van der Waals surface area (Å²) in [6, 6.07) is 6.36. The van der Waals surface area contributed by atoms with Crippen LogP contribution in [0.1, 0.15) is 10.4 Å². The van der Waals surface area contributed by atoms with E-state index in [2.05, 4.69) is 5.32 Å². The predicted molar refractivity (Wildman–Crippen MR) is 74.1 cm³/mol. The highest BCUT2D eigenvalue weighted by atomic mass is 35.5. The van der Waals surface area contributed by atoms with Crippen LogP contribution in [0.15, 0.2) is 36.4 Å². The molecule has 6 nitrogen and oxygen atoms in total. The summed E-state index contributed by atoms with van der Waals surface area (Å²) >= 11 is 5.83. The Morgan fingerprint density at radius 3 is 2.67 bits per heavy atom. The van der Waals surface area contributed by atoms with Crippen molar-refractivity contribution in [1.29, 1.82) is 0 Å². The zero-order valence-electron chi connectivity index (χ0n) is 10.3. The molecule has 0 bridgehead atoms. The molecule has 0 aliphatic rings. The third-order valence-corrected chi connectivity index (χ3v) is 2.94. The largest absolute Gasteiger partial charge is 0.507 e. The molecule has 0 aromatic heterocycles. The van der Waals surface area contributed by atoms with Gasteiger partial charge in [-0.25, -0.2) is 4.39 Å². The molecule has 0 fully saturated rings. The topological polar surface area (TPSA) is 92.5 Å². The monoisotopic (exact) mass is 310 g/mol. The number of rotatable bonds is 3. The number of aromatic hydroxyl groups is 1. The van der Waals surface area contributed by atoms with Gasteiger partial charge in [-0.3, -0.25) is 14.9 Å². The maximum absolute atomic E-state index is 13.1. The second kappa shape index (κ2) is 5.76. The zero-order valence-corrected chi connectivity index (χ0v) is 11.1. The molecule has 0 heterocycles. The highest BCUT2D eigenvalue weighted by molar-refractivity contribution is 6.34. The van der Waals surface area contributed by atoms with Gasteiger partial charge in [-0.05, 0) is 24.3 Å². The van der Waals surface area contributed by atoms with Gasteiger partial charge in [-0.2, -0.15) is 0 Å². The average Bonchev–Trinajstić information content (AvgIpc) is 2.43. The van der Waals surface area contributed by atoms with Gasteiger partial charge < -0.3 is 10.4 Å². The second-order valence-electron chi connectivity index (χ2n) is 4.04. The van der Waals surface area contributed by atoms with E-state index in [0.29, 0.717) is 0 Å². The lowest BCUT2D eigenvalue weighted by Crippen LogP contribution is -2.13. The highest BCUT2D eigenvalue weighted by Crippen LogP contribution is 2.28. The molecule has 0 spiro atoms. The van der Waals surface area contributed by atoms with E-state index in [1.807, 2.05) is 0 Å². The number of benzene rings is 2. The summed E-state index contributed by atoms with van der Waals surface area (Å²) in [5.74, 6) is -1.96. The van der Waals surface area contributed by atoms with Gasteiger partial charge in [-0.1, -0.05) is 11.6 Å². The molecule has 0 saturated heterocycles. The van der Waals surface area contributed by atoms with Crippen LogP contribution >= 0.6 is 11.6 Å². The Kier molecular flexibility index (Phi) is 4.04. The normalized spacial score (nSPS) is 10.2.